The molecule has 1 aliphatic rings. The molecule has 1 aromatic carbocycles. The molecule has 4 rings (SSSR count). The van der Waals surface area contributed by atoms with E-state index in [0.29, 0.717) is 46.9 Å². The first kappa shape index (κ1) is 21.3. The second kappa shape index (κ2) is 8.29. The average molecular weight is 440 g/mol. The predicted octanol–water partition coefficient (Wildman–Crippen LogP) is 3.70. The van der Waals surface area contributed by atoms with Gasteiger partial charge in [0.05, 0.1) is 11.2 Å². The molecule has 0 bridgehead atoms. The van der Waals surface area contributed by atoms with Crippen LogP contribution in [0.4, 0.5) is 10.1 Å². The molecule has 3 aromatic rings. The Morgan fingerprint density at radius 3 is 2.71 bits per heavy atom. The Morgan fingerprint density at radius 1 is 1.23 bits per heavy atom. The second-order valence-corrected chi connectivity index (χ2v) is 8.49. The van der Waals surface area contributed by atoms with Gasteiger partial charge in [-0.05, 0) is 38.1 Å². The van der Waals surface area contributed by atoms with Gasteiger partial charge >= 0.3 is 0 Å². The largest absolute Gasteiger partial charge is 0.364 e. The molecule has 2 aromatic heterocycles. The van der Waals surface area contributed by atoms with E-state index < -0.39 is 0 Å². The van der Waals surface area contributed by atoms with Gasteiger partial charge in [0, 0.05) is 55.4 Å². The van der Waals surface area contributed by atoms with Crippen molar-refractivity contribution in [2.45, 2.75) is 32.5 Å². The minimum Gasteiger partial charge on any atom is -0.364 e. The number of piperazine rings is 1. The van der Waals surface area contributed by atoms with Gasteiger partial charge in [-0.15, -0.1) is 0 Å². The Balaban J connectivity index is 1.69. The zero-order chi connectivity index (χ0) is 22.3. The monoisotopic (exact) mass is 439 g/mol. The molecular formula is C23H23ClFN5O. The number of anilines is 1. The predicted molar refractivity (Wildman–Crippen MR) is 120 cm³/mol. The van der Waals surface area contributed by atoms with Crippen LogP contribution in [0.5, 0.6) is 0 Å². The van der Waals surface area contributed by atoms with Crippen LogP contribution >= 0.6 is 11.6 Å². The first-order valence-electron chi connectivity index (χ1n) is 10.1. The van der Waals surface area contributed by atoms with Crippen molar-refractivity contribution in [3.8, 4) is 6.07 Å². The van der Waals surface area contributed by atoms with Crippen LogP contribution in [0.2, 0.25) is 5.02 Å². The zero-order valence-corrected chi connectivity index (χ0v) is 18.4. The topological polar surface area (TPSA) is 65.2 Å². The van der Waals surface area contributed by atoms with Crippen LogP contribution in [-0.4, -0.2) is 39.6 Å². The lowest BCUT2D eigenvalue weighted by atomic mass is 10.0. The summed E-state index contributed by atoms with van der Waals surface area (Å²) in [7, 11) is 1.70. The lowest BCUT2D eigenvalue weighted by Crippen LogP contribution is -2.56. The summed E-state index contributed by atoms with van der Waals surface area (Å²) in [6, 6.07) is 11.9. The number of pyridine rings is 2. The van der Waals surface area contributed by atoms with E-state index in [9.17, 15) is 14.4 Å². The molecule has 0 spiro atoms. The van der Waals surface area contributed by atoms with Crippen LogP contribution in [0.15, 0.2) is 41.2 Å². The van der Waals surface area contributed by atoms with E-state index in [1.54, 1.807) is 37.4 Å². The third kappa shape index (κ3) is 3.89. The molecule has 0 saturated carbocycles. The maximum Gasteiger partial charge on any atom is 0.252 e. The molecule has 1 aliphatic heterocycles. The van der Waals surface area contributed by atoms with E-state index in [4.69, 9.17) is 11.6 Å². The fourth-order valence-corrected chi connectivity index (χ4v) is 4.46. The van der Waals surface area contributed by atoms with Crippen molar-refractivity contribution >= 4 is 28.3 Å². The molecule has 0 N–H and O–H groups in total. The number of aromatic nitrogens is 2. The van der Waals surface area contributed by atoms with Gasteiger partial charge in [-0.3, -0.25) is 9.69 Å². The summed E-state index contributed by atoms with van der Waals surface area (Å²) in [6.45, 7) is 5.86. The molecule has 0 amide bonds. The Kier molecular flexibility index (Phi) is 5.69. The van der Waals surface area contributed by atoms with Gasteiger partial charge in [0.15, 0.2) is 0 Å². The molecule has 0 radical (unpaired) electrons. The standard InChI is InChI=1S/C23H23ClFN5O/c1-14-12-30(15(2)11-29(14)13-17-18(24)5-4-6-19(17)25)21-9-22(31)28(3)20-8-7-16(10-26)27-23(20)21/h4-9,14-15H,11-13H2,1-3H3/t14?,15-/m0/s1. The van der Waals surface area contributed by atoms with Crippen LogP contribution in [0.1, 0.15) is 25.1 Å². The number of nitriles is 1. The van der Waals surface area contributed by atoms with Crippen molar-refractivity contribution in [1.82, 2.24) is 14.5 Å². The summed E-state index contributed by atoms with van der Waals surface area (Å²) in [5.74, 6) is -0.305. The SMILES string of the molecule is CC1CN(c2cc(=O)n(C)c3ccc(C#N)nc23)[C@@H](C)CN1Cc1c(F)cccc1Cl. The van der Waals surface area contributed by atoms with E-state index in [2.05, 4.69) is 34.7 Å². The lowest BCUT2D eigenvalue weighted by Gasteiger charge is -2.45. The van der Waals surface area contributed by atoms with Crippen molar-refractivity contribution in [2.24, 2.45) is 7.05 Å². The molecule has 1 unspecified atom stereocenters. The van der Waals surface area contributed by atoms with Crippen LogP contribution in [-0.2, 0) is 13.6 Å². The van der Waals surface area contributed by atoms with Crippen LogP contribution in [0.3, 0.4) is 0 Å². The number of aryl methyl sites for hydroxylation is 1. The lowest BCUT2D eigenvalue weighted by molar-refractivity contribution is 0.156. The fourth-order valence-electron chi connectivity index (χ4n) is 4.23. The van der Waals surface area contributed by atoms with Crippen molar-refractivity contribution < 1.29 is 4.39 Å². The molecule has 1 fully saturated rings. The molecule has 0 aliphatic carbocycles. The zero-order valence-electron chi connectivity index (χ0n) is 17.6. The quantitative estimate of drug-likeness (QED) is 0.622. The number of fused-ring (bicyclic) bond motifs is 1. The van der Waals surface area contributed by atoms with Crippen LogP contribution in [0.25, 0.3) is 11.0 Å². The third-order valence-electron chi connectivity index (χ3n) is 6.03. The molecular weight excluding hydrogens is 417 g/mol. The van der Waals surface area contributed by atoms with Crippen molar-refractivity contribution in [1.29, 1.82) is 5.26 Å². The molecule has 6 nitrogen and oxygen atoms in total. The summed E-state index contributed by atoms with van der Waals surface area (Å²) < 4.78 is 15.8. The molecule has 160 valence electrons. The van der Waals surface area contributed by atoms with E-state index in [1.165, 1.54) is 10.6 Å². The summed E-state index contributed by atoms with van der Waals surface area (Å²) in [5, 5.41) is 9.72. The number of hydrogen-bond donors (Lipinski definition) is 0. The highest BCUT2D eigenvalue weighted by Crippen LogP contribution is 2.30. The number of rotatable bonds is 3. The van der Waals surface area contributed by atoms with Gasteiger partial charge in [0.25, 0.3) is 5.56 Å². The molecule has 8 heteroatoms. The van der Waals surface area contributed by atoms with Crippen molar-refractivity contribution in [2.75, 3.05) is 18.0 Å². The Labute approximate surface area is 185 Å². The number of hydrogen-bond acceptors (Lipinski definition) is 5. The number of halogens is 2. The number of nitrogens with zero attached hydrogens (tertiary/aromatic N) is 5. The van der Waals surface area contributed by atoms with Crippen LogP contribution in [0, 0.1) is 17.1 Å². The molecule has 1 saturated heterocycles. The van der Waals surface area contributed by atoms with E-state index in [0.717, 1.165) is 5.69 Å². The minimum atomic E-state index is -0.305. The second-order valence-electron chi connectivity index (χ2n) is 8.08. The Bertz CT molecular complexity index is 1230. The van der Waals surface area contributed by atoms with Gasteiger partial charge in [-0.1, -0.05) is 17.7 Å². The van der Waals surface area contributed by atoms with Gasteiger partial charge in [0.1, 0.15) is 23.1 Å². The van der Waals surface area contributed by atoms with Gasteiger partial charge in [-0.2, -0.15) is 5.26 Å². The van der Waals surface area contributed by atoms with E-state index in [1.807, 2.05) is 0 Å². The highest BCUT2D eigenvalue weighted by atomic mass is 35.5. The van der Waals surface area contributed by atoms with Crippen LogP contribution < -0.4 is 10.5 Å². The maximum atomic E-state index is 14.3. The first-order chi connectivity index (χ1) is 14.8. The smallest absolute Gasteiger partial charge is 0.252 e. The first-order valence-corrected chi connectivity index (χ1v) is 10.5. The van der Waals surface area contributed by atoms with E-state index in [-0.39, 0.29) is 23.5 Å². The van der Waals surface area contributed by atoms with Gasteiger partial charge in [0.2, 0.25) is 0 Å². The molecule has 3 heterocycles. The van der Waals surface area contributed by atoms with Crippen molar-refractivity contribution in [3.63, 3.8) is 0 Å². The summed E-state index contributed by atoms with van der Waals surface area (Å²) in [6.07, 6.45) is 0. The average Bonchev–Trinajstić information content (AvgIpc) is 2.75. The normalized spacial score (nSPS) is 19.5. The molecule has 31 heavy (non-hydrogen) atoms. The minimum absolute atomic E-state index is 0.0459. The number of benzene rings is 1. The van der Waals surface area contributed by atoms with Crippen molar-refractivity contribution in [3.05, 3.63) is 68.8 Å². The maximum absolute atomic E-state index is 14.3. The summed E-state index contributed by atoms with van der Waals surface area (Å²) >= 11 is 6.23. The fraction of sp³-hybridized carbons (Fsp3) is 0.348. The van der Waals surface area contributed by atoms with Gasteiger partial charge in [-0.25, -0.2) is 9.37 Å². The van der Waals surface area contributed by atoms with Gasteiger partial charge < -0.3 is 9.47 Å². The Hall–Kier alpha value is -2.95. The Morgan fingerprint density at radius 2 is 2.00 bits per heavy atom. The molecule has 2 atom stereocenters. The highest BCUT2D eigenvalue weighted by molar-refractivity contribution is 6.31. The van der Waals surface area contributed by atoms with E-state index >= 15 is 0 Å². The summed E-state index contributed by atoms with van der Waals surface area (Å²) in [4.78, 5) is 21.4. The highest BCUT2D eigenvalue weighted by Gasteiger charge is 2.31. The third-order valence-corrected chi connectivity index (χ3v) is 6.38. The summed E-state index contributed by atoms with van der Waals surface area (Å²) in [5.41, 5.74) is 2.71.